The van der Waals surface area contributed by atoms with Crippen molar-refractivity contribution in [1.82, 2.24) is 19.9 Å². The number of halogens is 1. The summed E-state index contributed by atoms with van der Waals surface area (Å²) in [6.07, 6.45) is 6.90. The molecule has 11 nitrogen and oxygen atoms in total. The van der Waals surface area contributed by atoms with E-state index in [4.69, 9.17) is 22.1 Å². The van der Waals surface area contributed by atoms with Crippen LogP contribution >= 0.6 is 11.6 Å². The summed E-state index contributed by atoms with van der Waals surface area (Å²) in [5, 5.41) is 21.0. The van der Waals surface area contributed by atoms with Gasteiger partial charge in [0.25, 0.3) is 0 Å². The molecule has 1 unspecified atom stereocenters. The molecule has 3 heterocycles. The zero-order chi connectivity index (χ0) is 30.9. The number of ether oxygens (including phenoxy) is 1. The fraction of sp³-hybridized carbons (Fsp3) is 0.323. The first-order valence-electron chi connectivity index (χ1n) is 13.9. The number of benzene rings is 1. The van der Waals surface area contributed by atoms with Crippen LogP contribution in [0.3, 0.4) is 0 Å². The highest BCUT2D eigenvalue weighted by molar-refractivity contribution is 6.33. The number of carboxylic acid groups (broad SMARTS) is 1. The Labute approximate surface area is 254 Å². The minimum atomic E-state index is -1.08. The summed E-state index contributed by atoms with van der Waals surface area (Å²) in [5.41, 5.74) is 10.9. The number of rotatable bonds is 7. The van der Waals surface area contributed by atoms with Crippen LogP contribution < -0.4 is 16.4 Å². The van der Waals surface area contributed by atoms with Crippen LogP contribution in [0.2, 0.25) is 5.02 Å². The largest absolute Gasteiger partial charge is 0.477 e. The Morgan fingerprint density at radius 2 is 1.91 bits per heavy atom. The molecule has 12 heteroatoms. The number of pyridine rings is 1. The molecule has 0 aliphatic heterocycles. The van der Waals surface area contributed by atoms with Crippen molar-refractivity contribution in [2.75, 3.05) is 5.32 Å². The number of carboxylic acids is 1. The van der Waals surface area contributed by atoms with Crippen LogP contribution in [-0.4, -0.2) is 55.3 Å². The van der Waals surface area contributed by atoms with E-state index in [0.717, 1.165) is 40.7 Å². The molecule has 1 amide bonds. The fourth-order valence-corrected chi connectivity index (χ4v) is 5.36. The molecule has 43 heavy (non-hydrogen) atoms. The molecule has 224 valence electrons. The van der Waals surface area contributed by atoms with E-state index in [1.807, 2.05) is 52.1 Å². The molecule has 5 rings (SSSR count). The lowest BCUT2D eigenvalue weighted by Gasteiger charge is -2.22. The number of aromatic nitrogens is 3. The third-order valence-electron chi connectivity index (χ3n) is 7.15. The number of amides is 1. The molecule has 1 aromatic carbocycles. The molecular weight excluding hydrogens is 570 g/mol. The number of anilines is 1. The number of aromatic carboxylic acids is 1. The second-order valence-electron chi connectivity index (χ2n) is 11.6. The number of carbonyl (C=O) groups excluding carboxylic acids is 1. The van der Waals surface area contributed by atoms with Gasteiger partial charge in [0.2, 0.25) is 0 Å². The number of nitrogens with two attached hydrogens (primary N) is 1. The number of hydrogen-bond acceptors (Lipinski definition) is 7. The summed E-state index contributed by atoms with van der Waals surface area (Å²) >= 11 is 6.36. The van der Waals surface area contributed by atoms with Gasteiger partial charge < -0.3 is 26.2 Å². The molecule has 1 aliphatic rings. The lowest BCUT2D eigenvalue weighted by molar-refractivity contribution is 0.0504. The minimum Gasteiger partial charge on any atom is -0.477 e. The van der Waals surface area contributed by atoms with Crippen LogP contribution in [0.25, 0.3) is 16.6 Å². The van der Waals surface area contributed by atoms with E-state index in [2.05, 4.69) is 25.7 Å². The summed E-state index contributed by atoms with van der Waals surface area (Å²) < 4.78 is 7.18. The van der Waals surface area contributed by atoms with Gasteiger partial charge >= 0.3 is 12.1 Å². The van der Waals surface area contributed by atoms with Gasteiger partial charge in [0.1, 0.15) is 17.1 Å². The van der Waals surface area contributed by atoms with Crippen LogP contribution in [-0.2, 0) is 4.74 Å². The Morgan fingerprint density at radius 3 is 2.60 bits per heavy atom. The summed E-state index contributed by atoms with van der Waals surface area (Å²) in [5.74, 6) is -0.850. The highest BCUT2D eigenvalue weighted by Crippen LogP contribution is 2.33. The summed E-state index contributed by atoms with van der Waals surface area (Å²) in [7, 11) is 0. The molecule has 0 radical (unpaired) electrons. The SMILES string of the molecule is Cc1cc(C(=O)O)ncc1-c1cc2c(NC3CC[C@H](NC(=O)OC(C)(C)C)C3)c(C(N)=Nc3ccccc3Cl)cnn2c1. The molecule has 0 bridgehead atoms. The lowest BCUT2D eigenvalue weighted by atomic mass is 10.0. The lowest BCUT2D eigenvalue weighted by Crippen LogP contribution is -2.38. The van der Waals surface area contributed by atoms with E-state index in [-0.39, 0.29) is 23.6 Å². The van der Waals surface area contributed by atoms with E-state index in [0.29, 0.717) is 22.7 Å². The van der Waals surface area contributed by atoms with Crippen LogP contribution in [0.1, 0.15) is 61.6 Å². The molecule has 3 aromatic heterocycles. The van der Waals surface area contributed by atoms with Crippen LogP contribution in [0.15, 0.2) is 60.0 Å². The Balaban J connectivity index is 1.51. The van der Waals surface area contributed by atoms with E-state index < -0.39 is 17.7 Å². The first-order chi connectivity index (χ1) is 20.4. The number of carbonyl (C=O) groups is 2. The number of aliphatic imine (C=N–C) groups is 1. The van der Waals surface area contributed by atoms with Gasteiger partial charge in [0.15, 0.2) is 0 Å². The normalized spacial score (nSPS) is 17.2. The number of hydrogen-bond donors (Lipinski definition) is 4. The van der Waals surface area contributed by atoms with Gasteiger partial charge in [-0.15, -0.1) is 0 Å². The van der Waals surface area contributed by atoms with Gasteiger partial charge in [0, 0.05) is 35.6 Å². The highest BCUT2D eigenvalue weighted by atomic mass is 35.5. The number of nitrogens with one attached hydrogen (secondary N) is 2. The standard InChI is InChI=1S/C31H34ClN7O4/c1-17-11-25(29(40)41)34-14-21(17)18-12-26-27(36-19-9-10-20(13-19)37-30(42)43-31(2,3)4)22(15-35-39(26)16-18)28(33)38-24-8-6-5-7-23(24)32/h5-8,11-12,14-16,19-20,36H,9-10,13H2,1-4H3,(H2,33,38)(H,37,42)(H,40,41)/t19?,20-/m0/s1. The number of fused-ring (bicyclic) bond motifs is 1. The van der Waals surface area contributed by atoms with Gasteiger partial charge in [-0.25, -0.2) is 24.1 Å². The van der Waals surface area contributed by atoms with Crippen molar-refractivity contribution in [1.29, 1.82) is 0 Å². The van der Waals surface area contributed by atoms with Crippen LogP contribution in [0, 0.1) is 6.92 Å². The summed E-state index contributed by atoms with van der Waals surface area (Å²) in [6.45, 7) is 7.34. The Kier molecular flexibility index (Phi) is 8.27. The monoisotopic (exact) mass is 603 g/mol. The van der Waals surface area contributed by atoms with Crippen molar-refractivity contribution in [3.8, 4) is 11.1 Å². The molecule has 0 spiro atoms. The summed E-state index contributed by atoms with van der Waals surface area (Å²) in [6, 6.07) is 10.7. The Bertz CT molecular complexity index is 1730. The van der Waals surface area contributed by atoms with Gasteiger partial charge in [-0.05, 0) is 76.8 Å². The topological polar surface area (TPSA) is 156 Å². The van der Waals surface area contributed by atoms with Crippen molar-refractivity contribution in [3.63, 3.8) is 0 Å². The molecule has 4 aromatic rings. The first-order valence-corrected chi connectivity index (χ1v) is 14.3. The molecule has 2 atom stereocenters. The fourth-order valence-electron chi connectivity index (χ4n) is 5.18. The molecule has 1 saturated carbocycles. The smallest absolute Gasteiger partial charge is 0.407 e. The average Bonchev–Trinajstić information content (AvgIpc) is 3.55. The maximum Gasteiger partial charge on any atom is 0.407 e. The second-order valence-corrected chi connectivity index (χ2v) is 12.0. The highest BCUT2D eigenvalue weighted by Gasteiger charge is 2.29. The van der Waals surface area contributed by atoms with E-state index in [1.54, 1.807) is 35.1 Å². The van der Waals surface area contributed by atoms with Crippen molar-refractivity contribution >= 4 is 46.4 Å². The molecule has 5 N–H and O–H groups in total. The zero-order valence-corrected chi connectivity index (χ0v) is 25.1. The quantitative estimate of drug-likeness (QED) is 0.149. The van der Waals surface area contributed by atoms with Crippen molar-refractivity contribution in [3.05, 3.63) is 76.8 Å². The first kappa shape index (κ1) is 29.8. The average molecular weight is 604 g/mol. The number of para-hydroxylation sites is 1. The zero-order valence-electron chi connectivity index (χ0n) is 24.4. The van der Waals surface area contributed by atoms with E-state index in [9.17, 15) is 14.7 Å². The third-order valence-corrected chi connectivity index (χ3v) is 7.47. The van der Waals surface area contributed by atoms with Gasteiger partial charge in [-0.3, -0.25) is 0 Å². The molecule has 0 saturated heterocycles. The van der Waals surface area contributed by atoms with Gasteiger partial charge in [-0.1, -0.05) is 23.7 Å². The maximum absolute atomic E-state index is 12.4. The van der Waals surface area contributed by atoms with E-state index >= 15 is 0 Å². The number of amidine groups is 1. The van der Waals surface area contributed by atoms with Crippen LogP contribution in [0.5, 0.6) is 0 Å². The van der Waals surface area contributed by atoms with Crippen molar-refractivity contribution in [2.45, 2.75) is 64.6 Å². The third kappa shape index (κ3) is 6.89. The number of alkyl carbamates (subject to hydrolysis) is 1. The molecule has 1 aliphatic carbocycles. The van der Waals surface area contributed by atoms with E-state index in [1.165, 1.54) is 0 Å². The Morgan fingerprint density at radius 1 is 1.16 bits per heavy atom. The predicted octanol–water partition coefficient (Wildman–Crippen LogP) is 5.95. The van der Waals surface area contributed by atoms with Crippen LogP contribution in [0.4, 0.5) is 16.2 Å². The van der Waals surface area contributed by atoms with Crippen molar-refractivity contribution in [2.24, 2.45) is 10.7 Å². The number of nitrogens with zero attached hydrogens (tertiary/aromatic N) is 4. The number of aryl methyl sites for hydroxylation is 1. The molecular formula is C31H34ClN7O4. The maximum atomic E-state index is 12.4. The van der Waals surface area contributed by atoms with Gasteiger partial charge in [0.05, 0.1) is 33.7 Å². The predicted molar refractivity (Wildman–Crippen MR) is 166 cm³/mol. The Hall–Kier alpha value is -4.64. The summed E-state index contributed by atoms with van der Waals surface area (Å²) in [4.78, 5) is 32.5. The van der Waals surface area contributed by atoms with Gasteiger partial charge in [-0.2, -0.15) is 5.10 Å². The van der Waals surface area contributed by atoms with Crippen molar-refractivity contribution < 1.29 is 19.4 Å². The molecule has 1 fully saturated rings. The second kappa shape index (κ2) is 11.9. The minimum absolute atomic E-state index is 0.0212.